The number of carbonyl (C=O) groups excluding carboxylic acids is 1. The molecule has 132 valence electrons. The van der Waals surface area contributed by atoms with E-state index in [1.54, 1.807) is 0 Å². The summed E-state index contributed by atoms with van der Waals surface area (Å²) in [6, 6.07) is 10.0. The first-order valence-electron chi connectivity index (χ1n) is 9.50. The van der Waals surface area contributed by atoms with Gasteiger partial charge in [0, 0.05) is 31.2 Å². The van der Waals surface area contributed by atoms with Crippen molar-refractivity contribution in [2.75, 3.05) is 39.3 Å². The normalized spacial score (nSPS) is 29.0. The maximum atomic E-state index is 12.2. The molecule has 0 aromatic heterocycles. The Hall–Kier alpha value is -1.39. The molecule has 24 heavy (non-hydrogen) atoms. The van der Waals surface area contributed by atoms with Crippen LogP contribution in [0.1, 0.15) is 37.0 Å². The molecule has 0 radical (unpaired) electrons. The predicted molar refractivity (Wildman–Crippen MR) is 98.1 cm³/mol. The zero-order valence-electron chi connectivity index (χ0n) is 15.1. The van der Waals surface area contributed by atoms with Crippen LogP contribution in [0.15, 0.2) is 30.3 Å². The Balaban J connectivity index is 1.50. The highest BCUT2D eigenvalue weighted by atomic mass is 16.1. The molecular formula is C20H31N3O. The van der Waals surface area contributed by atoms with E-state index in [0.29, 0.717) is 6.04 Å². The molecule has 3 aliphatic heterocycles. The van der Waals surface area contributed by atoms with Crippen molar-refractivity contribution in [3.8, 4) is 0 Å². The van der Waals surface area contributed by atoms with Crippen molar-refractivity contribution in [2.45, 2.75) is 32.7 Å². The summed E-state index contributed by atoms with van der Waals surface area (Å²) in [6.07, 6.45) is 2.57. The quantitative estimate of drug-likeness (QED) is 0.835. The first-order valence-corrected chi connectivity index (χ1v) is 9.50. The van der Waals surface area contributed by atoms with Crippen LogP contribution < -0.4 is 5.32 Å². The monoisotopic (exact) mass is 329 g/mol. The molecule has 0 aliphatic carbocycles. The van der Waals surface area contributed by atoms with Gasteiger partial charge in [0.15, 0.2) is 0 Å². The Bertz CT molecular complexity index is 529. The minimum absolute atomic E-state index is 0.0536. The standard InChI is InChI=1S/C20H31N3O/c1-3-22(4-2)14-18-15-23-11-10-17(18)12-19(23)13-21-20(24)16-8-6-5-7-9-16/h5-9,17-19H,3-4,10-15H2,1-2H3,(H,21,24). The fraction of sp³-hybridized carbons (Fsp3) is 0.650. The van der Waals surface area contributed by atoms with Crippen LogP contribution in [-0.2, 0) is 0 Å². The lowest BCUT2D eigenvalue weighted by molar-refractivity contribution is -0.0104. The zero-order chi connectivity index (χ0) is 16.9. The van der Waals surface area contributed by atoms with Crippen LogP contribution in [0.3, 0.4) is 0 Å². The second-order valence-corrected chi connectivity index (χ2v) is 7.26. The van der Waals surface area contributed by atoms with Crippen LogP contribution in [0.4, 0.5) is 0 Å². The number of hydrogen-bond acceptors (Lipinski definition) is 3. The highest BCUT2D eigenvalue weighted by Gasteiger charge is 2.40. The SMILES string of the molecule is CCN(CC)CC1CN2CCC1CC2CNC(=O)c1ccccc1. The van der Waals surface area contributed by atoms with Crippen molar-refractivity contribution in [1.29, 1.82) is 0 Å². The fourth-order valence-electron chi connectivity index (χ4n) is 4.38. The summed E-state index contributed by atoms with van der Waals surface area (Å²) in [7, 11) is 0. The average Bonchev–Trinajstić information content (AvgIpc) is 2.65. The van der Waals surface area contributed by atoms with E-state index >= 15 is 0 Å². The van der Waals surface area contributed by atoms with E-state index in [0.717, 1.165) is 37.0 Å². The van der Waals surface area contributed by atoms with Crippen molar-refractivity contribution in [3.63, 3.8) is 0 Å². The summed E-state index contributed by atoms with van der Waals surface area (Å²) in [5.41, 5.74) is 0.757. The van der Waals surface area contributed by atoms with Crippen LogP contribution >= 0.6 is 0 Å². The van der Waals surface area contributed by atoms with Gasteiger partial charge < -0.3 is 10.2 Å². The lowest BCUT2D eigenvalue weighted by Gasteiger charge is -2.51. The molecule has 4 nitrogen and oxygen atoms in total. The third-order valence-electron chi connectivity index (χ3n) is 5.94. The second kappa shape index (κ2) is 8.13. The third kappa shape index (κ3) is 3.98. The van der Waals surface area contributed by atoms with Gasteiger partial charge in [0.25, 0.3) is 5.91 Å². The van der Waals surface area contributed by atoms with E-state index in [-0.39, 0.29) is 5.91 Å². The van der Waals surface area contributed by atoms with Crippen molar-refractivity contribution in [2.24, 2.45) is 11.8 Å². The van der Waals surface area contributed by atoms with Gasteiger partial charge in [-0.3, -0.25) is 9.69 Å². The minimum Gasteiger partial charge on any atom is -0.350 e. The molecule has 4 heteroatoms. The fourth-order valence-corrected chi connectivity index (χ4v) is 4.38. The highest BCUT2D eigenvalue weighted by molar-refractivity contribution is 5.94. The number of nitrogens with zero attached hydrogens (tertiary/aromatic N) is 2. The summed E-state index contributed by atoms with van der Waals surface area (Å²) in [5.74, 6) is 1.69. The topological polar surface area (TPSA) is 35.6 Å². The van der Waals surface area contributed by atoms with Crippen LogP contribution in [0, 0.1) is 11.8 Å². The van der Waals surface area contributed by atoms with Gasteiger partial charge in [-0.2, -0.15) is 0 Å². The molecule has 3 saturated heterocycles. The number of hydrogen-bond donors (Lipinski definition) is 1. The second-order valence-electron chi connectivity index (χ2n) is 7.26. The summed E-state index contributed by atoms with van der Waals surface area (Å²) < 4.78 is 0. The van der Waals surface area contributed by atoms with Crippen LogP contribution in [0.25, 0.3) is 0 Å². The van der Waals surface area contributed by atoms with Gasteiger partial charge in [-0.15, -0.1) is 0 Å². The van der Waals surface area contributed by atoms with E-state index in [9.17, 15) is 4.79 Å². The van der Waals surface area contributed by atoms with E-state index in [4.69, 9.17) is 0 Å². The number of piperidine rings is 3. The molecular weight excluding hydrogens is 298 g/mol. The molecule has 1 aromatic rings. The van der Waals surface area contributed by atoms with Gasteiger partial charge >= 0.3 is 0 Å². The van der Waals surface area contributed by atoms with Crippen molar-refractivity contribution in [3.05, 3.63) is 35.9 Å². The predicted octanol–water partition coefficient (Wildman–Crippen LogP) is 2.47. The Labute approximate surface area is 146 Å². The number of amides is 1. The smallest absolute Gasteiger partial charge is 0.251 e. The number of nitrogens with one attached hydrogen (secondary N) is 1. The molecule has 4 rings (SSSR count). The summed E-state index contributed by atoms with van der Waals surface area (Å²) in [5, 5.41) is 3.14. The molecule has 1 N–H and O–H groups in total. The molecule has 2 bridgehead atoms. The third-order valence-corrected chi connectivity index (χ3v) is 5.94. The first-order chi connectivity index (χ1) is 11.7. The van der Waals surface area contributed by atoms with Crippen LogP contribution in [0.2, 0.25) is 0 Å². The first kappa shape index (κ1) is 17.4. The molecule has 0 spiro atoms. The van der Waals surface area contributed by atoms with Crippen molar-refractivity contribution < 1.29 is 4.79 Å². The lowest BCUT2D eigenvalue weighted by atomic mass is 9.75. The molecule has 1 amide bonds. The minimum atomic E-state index is 0.0536. The lowest BCUT2D eigenvalue weighted by Crippen LogP contribution is -2.58. The summed E-state index contributed by atoms with van der Waals surface area (Å²) in [4.78, 5) is 17.4. The van der Waals surface area contributed by atoms with Gasteiger partial charge in [0.1, 0.15) is 0 Å². The van der Waals surface area contributed by atoms with Crippen molar-refractivity contribution >= 4 is 5.91 Å². The van der Waals surface area contributed by atoms with E-state index in [2.05, 4.69) is 29.0 Å². The largest absolute Gasteiger partial charge is 0.350 e. The average molecular weight is 329 g/mol. The molecule has 1 aromatic carbocycles. The zero-order valence-corrected chi connectivity index (χ0v) is 15.1. The van der Waals surface area contributed by atoms with Gasteiger partial charge in [-0.1, -0.05) is 32.0 Å². The van der Waals surface area contributed by atoms with Crippen molar-refractivity contribution in [1.82, 2.24) is 15.1 Å². The maximum absolute atomic E-state index is 12.2. The molecule has 0 saturated carbocycles. The van der Waals surface area contributed by atoms with Gasteiger partial charge in [0.05, 0.1) is 0 Å². The Morgan fingerprint density at radius 2 is 2.00 bits per heavy atom. The number of carbonyl (C=O) groups is 1. The van der Waals surface area contributed by atoms with E-state index in [1.807, 2.05) is 30.3 Å². The number of rotatable bonds is 7. The molecule has 4 unspecified atom stereocenters. The molecule has 3 heterocycles. The van der Waals surface area contributed by atoms with E-state index in [1.165, 1.54) is 32.5 Å². The van der Waals surface area contributed by atoms with Crippen LogP contribution in [-0.4, -0.2) is 61.0 Å². The summed E-state index contributed by atoms with van der Waals surface area (Å²) in [6.45, 7) is 11.2. The number of fused-ring (bicyclic) bond motifs is 3. The van der Waals surface area contributed by atoms with Gasteiger partial charge in [-0.25, -0.2) is 0 Å². The maximum Gasteiger partial charge on any atom is 0.251 e. The Kier molecular flexibility index (Phi) is 5.90. The Morgan fingerprint density at radius 3 is 2.62 bits per heavy atom. The van der Waals surface area contributed by atoms with Crippen LogP contribution in [0.5, 0.6) is 0 Å². The molecule has 3 fully saturated rings. The summed E-state index contributed by atoms with van der Waals surface area (Å²) >= 11 is 0. The Morgan fingerprint density at radius 1 is 1.25 bits per heavy atom. The number of benzene rings is 1. The van der Waals surface area contributed by atoms with E-state index < -0.39 is 0 Å². The van der Waals surface area contributed by atoms with Gasteiger partial charge in [-0.05, 0) is 56.4 Å². The molecule has 3 aliphatic rings. The van der Waals surface area contributed by atoms with Gasteiger partial charge in [0.2, 0.25) is 0 Å². The highest BCUT2D eigenvalue weighted by Crippen LogP contribution is 2.36. The molecule has 4 atom stereocenters.